The molecule has 0 saturated heterocycles. The van der Waals surface area contributed by atoms with E-state index < -0.39 is 0 Å². The first-order valence-electron chi connectivity index (χ1n) is 4.83. The van der Waals surface area contributed by atoms with Crippen LogP contribution >= 0.6 is 0 Å². The van der Waals surface area contributed by atoms with E-state index in [9.17, 15) is 0 Å². The van der Waals surface area contributed by atoms with E-state index in [1.807, 2.05) is 19.9 Å². The molecular formula is C11H19NO. The molecule has 0 unspecified atom stereocenters. The van der Waals surface area contributed by atoms with Gasteiger partial charge < -0.3 is 10.2 Å². The smallest absolute Gasteiger partial charge is 0.121 e. The molecule has 0 aliphatic carbocycles. The van der Waals surface area contributed by atoms with Crippen molar-refractivity contribution in [3.63, 3.8) is 0 Å². The van der Waals surface area contributed by atoms with Gasteiger partial charge in [0.2, 0.25) is 0 Å². The molecule has 0 spiro atoms. The minimum Gasteiger partial charge on any atom is -0.464 e. The van der Waals surface area contributed by atoms with Crippen molar-refractivity contribution < 1.29 is 4.42 Å². The molecule has 2 heteroatoms. The van der Waals surface area contributed by atoms with Gasteiger partial charge in [-0.1, -0.05) is 13.8 Å². The van der Waals surface area contributed by atoms with Crippen LogP contribution < -0.4 is 5.73 Å². The van der Waals surface area contributed by atoms with Crippen LogP contribution in [0, 0.1) is 19.8 Å². The molecule has 0 aliphatic rings. The summed E-state index contributed by atoms with van der Waals surface area (Å²) in [5.74, 6) is 2.51. The number of aryl methyl sites for hydroxylation is 2. The highest BCUT2D eigenvalue weighted by Gasteiger charge is 2.13. The molecule has 0 amide bonds. The van der Waals surface area contributed by atoms with Gasteiger partial charge in [0.25, 0.3) is 0 Å². The Morgan fingerprint density at radius 1 is 1.38 bits per heavy atom. The molecule has 1 aromatic rings. The monoisotopic (exact) mass is 181 g/mol. The van der Waals surface area contributed by atoms with Crippen LogP contribution in [0.4, 0.5) is 0 Å². The van der Waals surface area contributed by atoms with E-state index in [1.165, 1.54) is 5.56 Å². The minimum atomic E-state index is 0.0485. The van der Waals surface area contributed by atoms with Crippen molar-refractivity contribution in [2.75, 3.05) is 0 Å². The molecule has 0 aromatic carbocycles. The molecule has 2 N–H and O–H groups in total. The van der Waals surface area contributed by atoms with Crippen molar-refractivity contribution >= 4 is 0 Å². The first-order valence-corrected chi connectivity index (χ1v) is 4.83. The maximum atomic E-state index is 5.98. The summed E-state index contributed by atoms with van der Waals surface area (Å²) in [5, 5.41) is 0. The topological polar surface area (TPSA) is 39.2 Å². The van der Waals surface area contributed by atoms with Gasteiger partial charge in [-0.2, -0.15) is 0 Å². The number of hydrogen-bond acceptors (Lipinski definition) is 2. The highest BCUT2D eigenvalue weighted by Crippen LogP contribution is 2.23. The molecule has 0 aliphatic heterocycles. The molecule has 13 heavy (non-hydrogen) atoms. The molecule has 0 saturated carbocycles. The lowest BCUT2D eigenvalue weighted by atomic mass is 10.0. The summed E-state index contributed by atoms with van der Waals surface area (Å²) >= 11 is 0. The lowest BCUT2D eigenvalue weighted by molar-refractivity contribution is 0.404. The quantitative estimate of drug-likeness (QED) is 0.778. The average molecular weight is 181 g/mol. The van der Waals surface area contributed by atoms with Crippen LogP contribution in [0.1, 0.15) is 43.4 Å². The van der Waals surface area contributed by atoms with Gasteiger partial charge in [-0.05, 0) is 37.8 Å². The Bertz CT molecular complexity index is 256. The molecule has 1 heterocycles. The fourth-order valence-electron chi connectivity index (χ4n) is 1.41. The van der Waals surface area contributed by atoms with Gasteiger partial charge in [0.15, 0.2) is 0 Å². The van der Waals surface area contributed by atoms with Gasteiger partial charge in [0.1, 0.15) is 11.5 Å². The molecule has 2 nitrogen and oxygen atoms in total. The number of hydrogen-bond donors (Lipinski definition) is 1. The summed E-state index contributed by atoms with van der Waals surface area (Å²) in [6, 6.07) is 2.09. The fourth-order valence-corrected chi connectivity index (χ4v) is 1.41. The molecule has 0 radical (unpaired) electrons. The molecule has 0 bridgehead atoms. The zero-order chi connectivity index (χ0) is 10.0. The Hall–Kier alpha value is -0.760. The zero-order valence-electron chi connectivity index (χ0n) is 8.92. The predicted octanol–water partition coefficient (Wildman–Crippen LogP) is 2.94. The first kappa shape index (κ1) is 10.3. The second-order valence-corrected chi connectivity index (χ2v) is 4.12. The van der Waals surface area contributed by atoms with E-state index in [-0.39, 0.29) is 6.04 Å². The Labute approximate surface area is 80.1 Å². The summed E-state index contributed by atoms with van der Waals surface area (Å²) in [6.07, 6.45) is 0.979. The van der Waals surface area contributed by atoms with Crippen LogP contribution in [0.15, 0.2) is 10.5 Å². The molecule has 74 valence electrons. The summed E-state index contributed by atoms with van der Waals surface area (Å²) in [5.41, 5.74) is 7.17. The molecule has 0 fully saturated rings. The molecular weight excluding hydrogens is 162 g/mol. The van der Waals surface area contributed by atoms with Crippen LogP contribution in [-0.2, 0) is 0 Å². The normalized spacial score (nSPS) is 13.7. The van der Waals surface area contributed by atoms with Crippen LogP contribution in [0.2, 0.25) is 0 Å². The van der Waals surface area contributed by atoms with Crippen molar-refractivity contribution in [3.05, 3.63) is 23.2 Å². The third-order valence-electron chi connectivity index (χ3n) is 2.28. The number of furan rings is 1. The first-order chi connectivity index (χ1) is 6.00. The van der Waals surface area contributed by atoms with Crippen LogP contribution in [0.5, 0.6) is 0 Å². The maximum Gasteiger partial charge on any atom is 0.121 e. The van der Waals surface area contributed by atoms with E-state index in [0.717, 1.165) is 17.9 Å². The largest absolute Gasteiger partial charge is 0.464 e. The minimum absolute atomic E-state index is 0.0485. The maximum absolute atomic E-state index is 5.98. The van der Waals surface area contributed by atoms with Gasteiger partial charge in [-0.25, -0.2) is 0 Å². The SMILES string of the molecule is Cc1cc([C@H](N)CC(C)C)oc1C. The summed E-state index contributed by atoms with van der Waals surface area (Å²) < 4.78 is 5.55. The Balaban J connectivity index is 2.71. The predicted molar refractivity (Wildman–Crippen MR) is 54.6 cm³/mol. The Kier molecular flexibility index (Phi) is 3.15. The van der Waals surface area contributed by atoms with Crippen LogP contribution in [0.25, 0.3) is 0 Å². The van der Waals surface area contributed by atoms with Crippen LogP contribution in [-0.4, -0.2) is 0 Å². The second kappa shape index (κ2) is 3.97. The van der Waals surface area contributed by atoms with E-state index >= 15 is 0 Å². The van der Waals surface area contributed by atoms with E-state index in [4.69, 9.17) is 10.2 Å². The van der Waals surface area contributed by atoms with Crippen molar-refractivity contribution in [2.45, 2.75) is 40.2 Å². The third-order valence-corrected chi connectivity index (χ3v) is 2.28. The van der Waals surface area contributed by atoms with Gasteiger partial charge in [-0.3, -0.25) is 0 Å². The zero-order valence-corrected chi connectivity index (χ0v) is 8.92. The number of nitrogens with two attached hydrogens (primary N) is 1. The van der Waals surface area contributed by atoms with Crippen molar-refractivity contribution in [1.29, 1.82) is 0 Å². The summed E-state index contributed by atoms with van der Waals surface area (Å²) in [7, 11) is 0. The molecule has 1 aromatic heterocycles. The lowest BCUT2D eigenvalue weighted by Gasteiger charge is -2.10. The highest BCUT2D eigenvalue weighted by molar-refractivity contribution is 5.20. The lowest BCUT2D eigenvalue weighted by Crippen LogP contribution is -2.11. The Morgan fingerprint density at radius 2 is 2.00 bits per heavy atom. The van der Waals surface area contributed by atoms with Crippen molar-refractivity contribution in [1.82, 2.24) is 0 Å². The third kappa shape index (κ3) is 2.59. The van der Waals surface area contributed by atoms with Crippen LogP contribution in [0.3, 0.4) is 0 Å². The molecule has 1 rings (SSSR count). The van der Waals surface area contributed by atoms with Crippen molar-refractivity contribution in [2.24, 2.45) is 11.7 Å². The molecule has 1 atom stereocenters. The second-order valence-electron chi connectivity index (χ2n) is 4.12. The fraction of sp³-hybridized carbons (Fsp3) is 0.636. The highest BCUT2D eigenvalue weighted by atomic mass is 16.3. The van der Waals surface area contributed by atoms with Gasteiger partial charge in [0, 0.05) is 0 Å². The van der Waals surface area contributed by atoms with Crippen molar-refractivity contribution in [3.8, 4) is 0 Å². The standard InChI is InChI=1S/C11H19NO/c1-7(2)5-10(12)11-6-8(3)9(4)13-11/h6-7,10H,5,12H2,1-4H3/t10-/m1/s1. The average Bonchev–Trinajstić information content (AvgIpc) is 2.31. The summed E-state index contributed by atoms with van der Waals surface area (Å²) in [4.78, 5) is 0. The van der Waals surface area contributed by atoms with Gasteiger partial charge in [-0.15, -0.1) is 0 Å². The summed E-state index contributed by atoms with van der Waals surface area (Å²) in [6.45, 7) is 8.36. The number of rotatable bonds is 3. The van der Waals surface area contributed by atoms with Gasteiger partial charge in [0.05, 0.1) is 6.04 Å². The van der Waals surface area contributed by atoms with E-state index in [1.54, 1.807) is 0 Å². The van der Waals surface area contributed by atoms with E-state index in [0.29, 0.717) is 5.92 Å². The Morgan fingerprint density at radius 3 is 2.38 bits per heavy atom. The van der Waals surface area contributed by atoms with E-state index in [2.05, 4.69) is 13.8 Å². The van der Waals surface area contributed by atoms with Gasteiger partial charge >= 0.3 is 0 Å².